The van der Waals surface area contributed by atoms with Crippen molar-refractivity contribution in [3.05, 3.63) is 0 Å². The summed E-state index contributed by atoms with van der Waals surface area (Å²) < 4.78 is 6.13. The van der Waals surface area contributed by atoms with Gasteiger partial charge in [0.15, 0.2) is 5.78 Å². The number of halogens is 1. The van der Waals surface area contributed by atoms with E-state index >= 15 is 0 Å². The maximum absolute atomic E-state index is 13.8. The highest BCUT2D eigenvalue weighted by Crippen LogP contribution is 2.33. The molecule has 1 amide bonds. The monoisotopic (exact) mass is 746 g/mol. The molecule has 0 saturated carbocycles. The number of unbranched alkanes of at least 4 members (excludes halogenated alkanes) is 23. The van der Waals surface area contributed by atoms with E-state index in [1.807, 2.05) is 0 Å². The van der Waals surface area contributed by atoms with Gasteiger partial charge >= 0.3 is 0 Å². The number of aliphatic hydroxyl groups is 3. The largest absolute Gasteiger partial charge is 0.388 e. The van der Waals surface area contributed by atoms with Crippen LogP contribution in [0.3, 0.4) is 0 Å². The fourth-order valence-corrected chi connectivity index (χ4v) is 7.75. The number of Topliss-reactive ketones (excluding diaryl/α,β-unsaturated/α-hetero) is 1. The lowest BCUT2D eigenvalue weighted by atomic mass is 9.90. The van der Waals surface area contributed by atoms with Crippen molar-refractivity contribution in [1.82, 2.24) is 10.2 Å². The van der Waals surface area contributed by atoms with Gasteiger partial charge in [-0.05, 0) is 32.2 Å². The summed E-state index contributed by atoms with van der Waals surface area (Å²) in [5.41, 5.74) is 6.73. The number of hydrogen-bond donors (Lipinski definition) is 5. The van der Waals surface area contributed by atoms with Gasteiger partial charge in [0.1, 0.15) is 18.3 Å². The lowest BCUT2D eigenvalue weighted by Gasteiger charge is -2.51. The second-order valence-corrected chi connectivity index (χ2v) is 15.6. The third-order valence-electron chi connectivity index (χ3n) is 11.1. The first-order chi connectivity index (χ1) is 24.3. The van der Waals surface area contributed by atoms with Crippen LogP contribution in [0.15, 0.2) is 0 Å². The number of ether oxygens (including phenoxy) is 1. The molecule has 51 heavy (non-hydrogen) atoms. The third-order valence-corrected chi connectivity index (χ3v) is 11.1. The van der Waals surface area contributed by atoms with Crippen molar-refractivity contribution in [3.63, 3.8) is 0 Å². The van der Waals surface area contributed by atoms with E-state index < -0.39 is 30.3 Å². The number of aliphatic hydroxyl groups excluding tert-OH is 3. The van der Waals surface area contributed by atoms with Crippen molar-refractivity contribution >= 4 is 24.1 Å². The SMILES string of the molecule is CCCCCCCCCCCCCCCCCCN(C(=O)CCCCCCCCCCC)[C@]1(N)O[C@H](CC(=O)[C@@H]2CCCN2)[C@@H](O)[C@H](O)[C@H]1O.Cl. The molecule has 2 rings (SSSR count). The Labute approximate surface area is 318 Å². The van der Waals surface area contributed by atoms with Gasteiger partial charge in [-0.3, -0.25) is 20.2 Å². The molecule has 0 bridgehead atoms. The zero-order valence-corrected chi connectivity index (χ0v) is 33.6. The Hall–Kier alpha value is -0.810. The second-order valence-electron chi connectivity index (χ2n) is 15.6. The lowest BCUT2D eigenvalue weighted by molar-refractivity contribution is -0.309. The van der Waals surface area contributed by atoms with Crippen molar-refractivity contribution in [1.29, 1.82) is 0 Å². The number of nitrogens with zero attached hydrogens (tertiary/aromatic N) is 1. The van der Waals surface area contributed by atoms with Crippen LogP contribution in [-0.4, -0.2) is 81.3 Å². The normalized spacial score (nSPS) is 24.8. The van der Waals surface area contributed by atoms with Crippen LogP contribution in [0, 0.1) is 0 Å². The topological polar surface area (TPSA) is 145 Å². The number of hydrogen-bond acceptors (Lipinski definition) is 8. The number of nitrogens with two attached hydrogens (primary N) is 1. The van der Waals surface area contributed by atoms with E-state index in [9.17, 15) is 24.9 Å². The molecule has 2 fully saturated rings. The number of nitrogens with one attached hydrogen (secondary N) is 1. The summed E-state index contributed by atoms with van der Waals surface area (Å²) in [5, 5.41) is 36.0. The van der Waals surface area contributed by atoms with Gasteiger partial charge in [0, 0.05) is 19.4 Å². The summed E-state index contributed by atoms with van der Waals surface area (Å²) in [7, 11) is 0. The first-order valence-electron chi connectivity index (χ1n) is 21.3. The Kier molecular flexibility index (Phi) is 27.9. The molecule has 6 N–H and O–H groups in total. The summed E-state index contributed by atoms with van der Waals surface area (Å²) in [5.74, 6) is -2.37. The van der Waals surface area contributed by atoms with Crippen molar-refractivity contribution in [2.75, 3.05) is 13.1 Å². The molecule has 0 aromatic rings. The van der Waals surface area contributed by atoms with Gasteiger partial charge in [0.05, 0.1) is 12.1 Å². The van der Waals surface area contributed by atoms with Crippen LogP contribution < -0.4 is 11.1 Å². The molecule has 0 radical (unpaired) electrons. The van der Waals surface area contributed by atoms with Crippen LogP contribution in [0.4, 0.5) is 0 Å². The molecule has 0 unspecified atom stereocenters. The van der Waals surface area contributed by atoms with Crippen molar-refractivity contribution in [2.24, 2.45) is 5.73 Å². The predicted molar refractivity (Wildman–Crippen MR) is 211 cm³/mol. The molecular weight excluding hydrogens is 666 g/mol. The van der Waals surface area contributed by atoms with Crippen LogP contribution in [0.2, 0.25) is 0 Å². The first-order valence-corrected chi connectivity index (χ1v) is 21.3. The summed E-state index contributed by atoms with van der Waals surface area (Å²) in [4.78, 5) is 28.1. The van der Waals surface area contributed by atoms with E-state index in [2.05, 4.69) is 19.2 Å². The Morgan fingerprint density at radius 2 is 1.12 bits per heavy atom. The number of ketones is 1. The van der Waals surface area contributed by atoms with Gasteiger partial charge < -0.3 is 25.4 Å². The fraction of sp³-hybridized carbons (Fsp3) is 0.951. The van der Waals surface area contributed by atoms with Crippen LogP contribution in [0.5, 0.6) is 0 Å². The number of carbonyl (C=O) groups excluding carboxylic acids is 2. The summed E-state index contributed by atoms with van der Waals surface area (Å²) >= 11 is 0. The Morgan fingerprint density at radius 1 is 0.686 bits per heavy atom. The molecule has 2 saturated heterocycles. The van der Waals surface area contributed by atoms with Crippen LogP contribution >= 0.6 is 12.4 Å². The molecule has 0 aliphatic carbocycles. The average Bonchev–Trinajstić information content (AvgIpc) is 3.66. The number of amides is 1. The van der Waals surface area contributed by atoms with Gasteiger partial charge in [-0.2, -0.15) is 0 Å². The van der Waals surface area contributed by atoms with Crippen LogP contribution in [-0.2, 0) is 14.3 Å². The van der Waals surface area contributed by atoms with Gasteiger partial charge in [-0.1, -0.05) is 162 Å². The molecular formula is C41H80ClN3O6. The highest BCUT2D eigenvalue weighted by Gasteiger charge is 2.56. The highest BCUT2D eigenvalue weighted by molar-refractivity contribution is 5.85. The predicted octanol–water partition coefficient (Wildman–Crippen LogP) is 8.22. The molecule has 0 spiro atoms. The Balaban J connectivity index is 0.0000130. The third kappa shape index (κ3) is 18.9. The van der Waals surface area contributed by atoms with Gasteiger partial charge in [-0.15, -0.1) is 12.4 Å². The lowest BCUT2D eigenvalue weighted by Crippen LogP contribution is -2.76. The molecule has 302 valence electrons. The molecule has 9 nitrogen and oxygen atoms in total. The van der Waals surface area contributed by atoms with E-state index in [4.69, 9.17) is 10.5 Å². The molecule has 0 aromatic heterocycles. The van der Waals surface area contributed by atoms with E-state index in [-0.39, 0.29) is 49.5 Å². The minimum absolute atomic E-state index is 0. The molecule has 10 heteroatoms. The number of rotatable bonds is 31. The van der Waals surface area contributed by atoms with E-state index in [1.54, 1.807) is 0 Å². The minimum atomic E-state index is -2.03. The highest BCUT2D eigenvalue weighted by atomic mass is 35.5. The molecule has 0 aromatic carbocycles. The number of carbonyl (C=O) groups is 2. The summed E-state index contributed by atoms with van der Waals surface area (Å²) in [6, 6.07) is -0.323. The maximum atomic E-state index is 13.8. The second kappa shape index (κ2) is 29.5. The van der Waals surface area contributed by atoms with Crippen molar-refractivity contribution in [2.45, 2.75) is 236 Å². The smallest absolute Gasteiger partial charge is 0.227 e. The zero-order chi connectivity index (χ0) is 36.5. The Morgan fingerprint density at radius 3 is 1.55 bits per heavy atom. The molecule has 2 aliphatic rings. The Bertz CT molecular complexity index is 878. The quantitative estimate of drug-likeness (QED) is 0.0353. The van der Waals surface area contributed by atoms with E-state index in [0.29, 0.717) is 12.8 Å². The van der Waals surface area contributed by atoms with Crippen LogP contribution in [0.1, 0.15) is 200 Å². The minimum Gasteiger partial charge on any atom is -0.388 e. The zero-order valence-electron chi connectivity index (χ0n) is 32.8. The summed E-state index contributed by atoms with van der Waals surface area (Å²) in [6.45, 7) is 5.53. The van der Waals surface area contributed by atoms with Crippen molar-refractivity contribution in [3.8, 4) is 0 Å². The molecule has 2 aliphatic heterocycles. The van der Waals surface area contributed by atoms with Gasteiger partial charge in [0.2, 0.25) is 11.8 Å². The van der Waals surface area contributed by atoms with Gasteiger partial charge in [0.25, 0.3) is 0 Å². The standard InChI is InChI=1S/C41H79N3O6.ClH/c1-3-5-7-9-11-13-14-15-16-17-18-19-21-23-25-27-32-44(37(46)30-26-24-22-20-12-10-8-6-4-2)41(42)40(49)39(48)38(47)36(50-41)33-35(45)34-29-28-31-43-34;/h34,36,38-40,43,47-49H,3-33,42H2,1-2H3;1H/t34-,36+,38+,39-,40+,41-;/m0./s1. The van der Waals surface area contributed by atoms with Crippen LogP contribution in [0.25, 0.3) is 0 Å². The fourth-order valence-electron chi connectivity index (χ4n) is 7.75. The van der Waals surface area contributed by atoms with Crippen molar-refractivity contribution < 1.29 is 29.6 Å². The van der Waals surface area contributed by atoms with Gasteiger partial charge in [-0.25, -0.2) is 0 Å². The molecule has 6 atom stereocenters. The summed E-state index contributed by atoms with van der Waals surface area (Å²) in [6.07, 6.45) is 25.9. The van der Waals surface area contributed by atoms with E-state index in [0.717, 1.165) is 51.5 Å². The average molecular weight is 747 g/mol. The molecule has 2 heterocycles. The first kappa shape index (κ1) is 48.2. The van der Waals surface area contributed by atoms with E-state index in [1.165, 1.54) is 120 Å². The maximum Gasteiger partial charge on any atom is 0.227 e.